The summed E-state index contributed by atoms with van der Waals surface area (Å²) >= 11 is 0. The van der Waals surface area contributed by atoms with Gasteiger partial charge in [-0.15, -0.1) is 0 Å². The number of carbonyl (C=O) groups excluding carboxylic acids is 3. The molecule has 1 aromatic heterocycles. The van der Waals surface area contributed by atoms with Crippen molar-refractivity contribution in [2.45, 2.75) is 51.0 Å². The van der Waals surface area contributed by atoms with Crippen LogP contribution in [0.5, 0.6) is 5.75 Å². The Morgan fingerprint density at radius 1 is 1.04 bits per heavy atom. The average Bonchev–Trinajstić information content (AvgIpc) is 3.44. The molecule has 2 N–H and O–H groups in total. The largest absolute Gasteiger partial charge is 0.497 e. The molecule has 1 saturated heterocycles. The lowest BCUT2D eigenvalue weighted by atomic mass is 9.63. The van der Waals surface area contributed by atoms with E-state index < -0.39 is 30.2 Å². The van der Waals surface area contributed by atoms with Crippen LogP contribution in [0.3, 0.4) is 0 Å². The lowest BCUT2D eigenvalue weighted by Gasteiger charge is -2.52. The highest BCUT2D eigenvalue weighted by atomic mass is 16.6. The maximum absolute atomic E-state index is 13.4. The van der Waals surface area contributed by atoms with Gasteiger partial charge in [-0.3, -0.25) is 9.69 Å². The summed E-state index contributed by atoms with van der Waals surface area (Å²) in [6.07, 6.45) is 0.532. The summed E-state index contributed by atoms with van der Waals surface area (Å²) in [7, 11) is 4.63. The number of carbonyl (C=O) groups is 3. The zero-order valence-corrected chi connectivity index (χ0v) is 26.2. The van der Waals surface area contributed by atoms with E-state index in [4.69, 9.17) is 23.7 Å². The first-order valence-corrected chi connectivity index (χ1v) is 15.6. The van der Waals surface area contributed by atoms with Crippen LogP contribution in [0.25, 0.3) is 10.9 Å². The van der Waals surface area contributed by atoms with Gasteiger partial charge in [0.05, 0.1) is 38.3 Å². The Labute approximate surface area is 262 Å². The van der Waals surface area contributed by atoms with E-state index in [2.05, 4.69) is 21.3 Å². The van der Waals surface area contributed by atoms with Gasteiger partial charge in [-0.25, -0.2) is 9.59 Å². The van der Waals surface area contributed by atoms with Crippen LogP contribution in [0.1, 0.15) is 53.0 Å². The summed E-state index contributed by atoms with van der Waals surface area (Å²) in [5.74, 6) is -0.482. The molecule has 3 heterocycles. The molecule has 11 heteroatoms. The number of aromatic amines is 1. The zero-order chi connectivity index (χ0) is 31.7. The fourth-order valence-electron chi connectivity index (χ4n) is 7.68. The van der Waals surface area contributed by atoms with E-state index in [9.17, 15) is 14.4 Å². The molecule has 3 aliphatic rings. The minimum absolute atomic E-state index is 0.00307. The monoisotopic (exact) mass is 619 g/mol. The van der Waals surface area contributed by atoms with Gasteiger partial charge >= 0.3 is 18.0 Å². The number of fused-ring (bicyclic) bond motifs is 6. The predicted octanol–water partition coefficient (Wildman–Crippen LogP) is 4.39. The van der Waals surface area contributed by atoms with Crippen molar-refractivity contribution in [2.75, 3.05) is 41.0 Å². The van der Waals surface area contributed by atoms with Crippen molar-refractivity contribution >= 4 is 28.9 Å². The van der Waals surface area contributed by atoms with Crippen molar-refractivity contribution in [3.63, 3.8) is 0 Å². The van der Waals surface area contributed by atoms with Crippen LogP contribution < -0.4 is 10.1 Å². The van der Waals surface area contributed by atoms with Gasteiger partial charge in [0, 0.05) is 49.4 Å². The molecule has 6 unspecified atom stereocenters. The third-order valence-electron chi connectivity index (χ3n) is 9.76. The second-order valence-electron chi connectivity index (χ2n) is 12.0. The molecule has 2 fully saturated rings. The first kappa shape index (κ1) is 30.9. The summed E-state index contributed by atoms with van der Waals surface area (Å²) in [6.45, 7) is 4.01. The number of piperidine rings is 1. The van der Waals surface area contributed by atoms with E-state index in [-0.39, 0.29) is 30.4 Å². The minimum atomic E-state index is -0.641. The van der Waals surface area contributed by atoms with E-state index in [1.165, 1.54) is 23.8 Å². The van der Waals surface area contributed by atoms with Crippen molar-refractivity contribution in [2.24, 2.45) is 17.8 Å². The normalized spacial score (nSPS) is 25.8. The highest BCUT2D eigenvalue weighted by molar-refractivity contribution is 5.89. The third-order valence-corrected chi connectivity index (χ3v) is 9.76. The van der Waals surface area contributed by atoms with Crippen LogP contribution in [0, 0.1) is 17.8 Å². The van der Waals surface area contributed by atoms with Gasteiger partial charge in [-0.05, 0) is 73.4 Å². The van der Waals surface area contributed by atoms with E-state index in [1.807, 2.05) is 12.1 Å². The Balaban J connectivity index is 1.20. The second-order valence-corrected chi connectivity index (χ2v) is 12.0. The number of nitrogens with zero attached hydrogens (tertiary/aromatic N) is 1. The number of nitrogens with one attached hydrogen (secondary N) is 2. The predicted molar refractivity (Wildman–Crippen MR) is 165 cm³/mol. The van der Waals surface area contributed by atoms with E-state index in [0.29, 0.717) is 18.6 Å². The van der Waals surface area contributed by atoms with Gasteiger partial charge in [0.25, 0.3) is 0 Å². The maximum Gasteiger partial charge on any atom is 0.407 e. The minimum Gasteiger partial charge on any atom is -0.497 e. The molecule has 2 aliphatic heterocycles. The van der Waals surface area contributed by atoms with E-state index in [0.717, 1.165) is 42.8 Å². The van der Waals surface area contributed by atoms with Gasteiger partial charge in [0.2, 0.25) is 0 Å². The van der Waals surface area contributed by atoms with Crippen LogP contribution >= 0.6 is 0 Å². The molecule has 1 amide bonds. The van der Waals surface area contributed by atoms with Crippen molar-refractivity contribution in [3.05, 3.63) is 64.8 Å². The number of alkyl carbamates (subject to hydrolysis) is 1. The lowest BCUT2D eigenvalue weighted by Crippen LogP contribution is -2.58. The van der Waals surface area contributed by atoms with Crippen molar-refractivity contribution in [1.29, 1.82) is 0 Å². The smallest absolute Gasteiger partial charge is 0.407 e. The van der Waals surface area contributed by atoms with Gasteiger partial charge in [-0.1, -0.05) is 12.1 Å². The summed E-state index contributed by atoms with van der Waals surface area (Å²) in [5, 5.41) is 3.88. The quantitative estimate of drug-likeness (QED) is 0.279. The highest BCUT2D eigenvalue weighted by Gasteiger charge is 2.54. The molecule has 6 rings (SSSR count). The summed E-state index contributed by atoms with van der Waals surface area (Å²) in [5.41, 5.74) is 4.78. The summed E-state index contributed by atoms with van der Waals surface area (Å²) < 4.78 is 27.7. The number of H-pyrrole nitrogens is 1. The van der Waals surface area contributed by atoms with Gasteiger partial charge in [-0.2, -0.15) is 0 Å². The van der Waals surface area contributed by atoms with Crippen LogP contribution in [0.4, 0.5) is 4.79 Å². The number of methoxy groups -OCH3 is 3. The Kier molecular flexibility index (Phi) is 9.00. The molecule has 6 atom stereocenters. The van der Waals surface area contributed by atoms with Crippen LogP contribution in [0.2, 0.25) is 0 Å². The number of benzene rings is 2. The first-order chi connectivity index (χ1) is 21.8. The number of hydrogen-bond donors (Lipinski definition) is 2. The van der Waals surface area contributed by atoms with Gasteiger partial charge in [0.15, 0.2) is 0 Å². The maximum atomic E-state index is 13.4. The van der Waals surface area contributed by atoms with E-state index in [1.54, 1.807) is 45.4 Å². The molecule has 45 heavy (non-hydrogen) atoms. The molecule has 1 aliphatic carbocycles. The summed E-state index contributed by atoms with van der Waals surface area (Å²) in [6, 6.07) is 13.1. The standard InChI is InChI=1S/C34H41N3O8/c1-5-44-34(40)35-17-19-6-8-20(9-7-19)32(38)45-28-14-21-18-37-13-12-24-23-11-10-22(41-2)15-26(23)36-30(24)27(37)16-25(21)29(31(28)42-3)33(39)43-4/h6-11,15,21,25,27-29,31,36H,5,12-14,16-18H2,1-4H3,(H,35,40). The van der Waals surface area contributed by atoms with E-state index >= 15 is 0 Å². The Morgan fingerprint density at radius 2 is 1.84 bits per heavy atom. The third kappa shape index (κ3) is 5.98. The topological polar surface area (TPSA) is 128 Å². The molecule has 11 nitrogen and oxygen atoms in total. The van der Waals surface area contributed by atoms with Crippen LogP contribution in [0.15, 0.2) is 42.5 Å². The van der Waals surface area contributed by atoms with Crippen LogP contribution in [-0.2, 0) is 36.7 Å². The highest BCUT2D eigenvalue weighted by Crippen LogP contribution is 2.50. The number of esters is 2. The molecule has 0 bridgehead atoms. The number of hydrogen-bond acceptors (Lipinski definition) is 9. The number of ether oxygens (including phenoxy) is 5. The van der Waals surface area contributed by atoms with Crippen LogP contribution in [-0.4, -0.2) is 81.1 Å². The molecule has 0 spiro atoms. The van der Waals surface area contributed by atoms with Crippen molar-refractivity contribution in [3.8, 4) is 5.75 Å². The zero-order valence-electron chi connectivity index (χ0n) is 26.2. The average molecular weight is 620 g/mol. The van der Waals surface area contributed by atoms with Gasteiger partial charge in [0.1, 0.15) is 18.0 Å². The summed E-state index contributed by atoms with van der Waals surface area (Å²) in [4.78, 5) is 44.5. The lowest BCUT2D eigenvalue weighted by molar-refractivity contribution is -0.176. The molecule has 1 saturated carbocycles. The Morgan fingerprint density at radius 3 is 2.56 bits per heavy atom. The Hall–Kier alpha value is -4.09. The fraction of sp³-hybridized carbons (Fsp3) is 0.500. The number of rotatable bonds is 8. The first-order valence-electron chi connectivity index (χ1n) is 15.6. The molecular formula is C34H41N3O8. The van der Waals surface area contributed by atoms with Gasteiger partial charge < -0.3 is 34.0 Å². The Bertz CT molecular complexity index is 1550. The fourth-order valence-corrected chi connectivity index (χ4v) is 7.68. The molecule has 240 valence electrons. The molecule has 0 radical (unpaired) electrons. The second kappa shape index (κ2) is 13.1. The molecule has 2 aromatic carbocycles. The molecule has 3 aromatic rings. The van der Waals surface area contributed by atoms with Crippen molar-refractivity contribution < 1.29 is 38.1 Å². The number of amides is 1. The van der Waals surface area contributed by atoms with Crippen molar-refractivity contribution in [1.82, 2.24) is 15.2 Å². The SMILES string of the molecule is CCOC(=O)NCc1ccc(C(=O)OC2CC3CN4CCc5c([nH]c6cc(OC)ccc56)C4CC3C(C(=O)OC)C2OC)cc1. The molecular weight excluding hydrogens is 578 g/mol. The number of aromatic nitrogens is 1.